The summed E-state index contributed by atoms with van der Waals surface area (Å²) < 4.78 is 7.83. The number of ether oxygens (including phenoxy) is 1. The van der Waals surface area contributed by atoms with E-state index < -0.39 is 0 Å². The maximum atomic E-state index is 6.13. The number of rotatable bonds is 7. The van der Waals surface area contributed by atoms with E-state index in [0.717, 1.165) is 40.6 Å². The maximum Gasteiger partial charge on any atom is 0.269 e. The maximum absolute atomic E-state index is 6.13. The van der Waals surface area contributed by atoms with Crippen LogP contribution in [0.5, 0.6) is 5.75 Å². The minimum Gasteiger partial charge on any atom is -0.488 e. The van der Waals surface area contributed by atoms with Crippen LogP contribution in [0.3, 0.4) is 0 Å². The highest BCUT2D eigenvalue weighted by atomic mass is 16.5. The largest absolute Gasteiger partial charge is 0.488 e. The normalized spacial score (nSPS) is 11.3. The standard InChI is InChI=1S/C22H21N5O/c1-2-14-27-22(24-25-26-27)23-15-20-19-11-7-6-10-18(19)12-13-21(20)28-16-17-8-4-3-5-9-17/h3-13,15H,2,14,16H2,1H3. The Labute approximate surface area is 163 Å². The Kier molecular flexibility index (Phi) is 5.38. The molecule has 28 heavy (non-hydrogen) atoms. The molecule has 3 aromatic carbocycles. The summed E-state index contributed by atoms with van der Waals surface area (Å²) in [4.78, 5) is 4.54. The third-order valence-electron chi connectivity index (χ3n) is 4.43. The molecule has 1 heterocycles. The van der Waals surface area contributed by atoms with Crippen molar-refractivity contribution >= 4 is 22.9 Å². The Morgan fingerprint density at radius 2 is 1.82 bits per heavy atom. The van der Waals surface area contributed by atoms with E-state index in [1.165, 1.54) is 0 Å². The van der Waals surface area contributed by atoms with Crippen molar-refractivity contribution in [3.63, 3.8) is 0 Å². The average Bonchev–Trinajstić information content (AvgIpc) is 3.19. The summed E-state index contributed by atoms with van der Waals surface area (Å²) in [6.07, 6.45) is 2.73. The van der Waals surface area contributed by atoms with Crippen LogP contribution >= 0.6 is 0 Å². The zero-order chi connectivity index (χ0) is 19.2. The predicted molar refractivity (Wildman–Crippen MR) is 110 cm³/mol. The first-order valence-electron chi connectivity index (χ1n) is 9.34. The van der Waals surface area contributed by atoms with Crippen molar-refractivity contribution in [1.82, 2.24) is 20.2 Å². The van der Waals surface area contributed by atoms with Crippen LogP contribution in [0.2, 0.25) is 0 Å². The first kappa shape index (κ1) is 17.9. The quantitative estimate of drug-likeness (QED) is 0.447. The van der Waals surface area contributed by atoms with Crippen LogP contribution in [0, 0.1) is 0 Å². The fraction of sp³-hybridized carbons (Fsp3) is 0.182. The van der Waals surface area contributed by atoms with Crippen molar-refractivity contribution in [3.05, 3.63) is 77.9 Å². The molecule has 0 radical (unpaired) electrons. The SMILES string of the molecule is CCCn1nnnc1N=Cc1c(OCc2ccccc2)ccc2ccccc12. The van der Waals surface area contributed by atoms with Gasteiger partial charge in [0.1, 0.15) is 12.4 Å². The second-order valence-electron chi connectivity index (χ2n) is 6.43. The fourth-order valence-electron chi connectivity index (χ4n) is 3.04. The molecule has 0 aliphatic heterocycles. The zero-order valence-corrected chi connectivity index (χ0v) is 15.7. The van der Waals surface area contributed by atoms with Gasteiger partial charge in [-0.25, -0.2) is 9.67 Å². The van der Waals surface area contributed by atoms with Crippen LogP contribution < -0.4 is 4.74 Å². The van der Waals surface area contributed by atoms with Gasteiger partial charge >= 0.3 is 0 Å². The molecule has 0 saturated carbocycles. The minimum absolute atomic E-state index is 0.490. The number of aliphatic imine (C=N–C) groups is 1. The number of aryl methyl sites for hydroxylation is 1. The molecule has 140 valence electrons. The van der Waals surface area contributed by atoms with Gasteiger partial charge in [-0.2, -0.15) is 0 Å². The molecule has 6 nitrogen and oxygen atoms in total. The van der Waals surface area contributed by atoms with Crippen molar-refractivity contribution in [2.75, 3.05) is 0 Å². The summed E-state index contributed by atoms with van der Waals surface area (Å²) in [6, 6.07) is 22.4. The summed E-state index contributed by atoms with van der Waals surface area (Å²) in [6.45, 7) is 3.30. The van der Waals surface area contributed by atoms with Gasteiger partial charge in [-0.3, -0.25) is 0 Å². The van der Waals surface area contributed by atoms with E-state index in [1.54, 1.807) is 10.9 Å². The highest BCUT2D eigenvalue weighted by molar-refractivity contribution is 6.02. The van der Waals surface area contributed by atoms with E-state index in [-0.39, 0.29) is 0 Å². The minimum atomic E-state index is 0.490. The third-order valence-corrected chi connectivity index (χ3v) is 4.43. The van der Waals surface area contributed by atoms with E-state index in [9.17, 15) is 0 Å². The lowest BCUT2D eigenvalue weighted by Crippen LogP contribution is -2.00. The summed E-state index contributed by atoms with van der Waals surface area (Å²) in [5.74, 6) is 1.27. The molecule has 4 rings (SSSR count). The summed E-state index contributed by atoms with van der Waals surface area (Å²) in [7, 11) is 0. The topological polar surface area (TPSA) is 65.2 Å². The van der Waals surface area contributed by atoms with E-state index in [2.05, 4.69) is 45.6 Å². The van der Waals surface area contributed by atoms with Gasteiger partial charge in [0, 0.05) is 18.3 Å². The number of fused-ring (bicyclic) bond motifs is 1. The molecule has 0 fully saturated rings. The highest BCUT2D eigenvalue weighted by Crippen LogP contribution is 2.28. The molecule has 0 saturated heterocycles. The lowest BCUT2D eigenvalue weighted by atomic mass is 10.0. The second kappa shape index (κ2) is 8.43. The van der Waals surface area contributed by atoms with Gasteiger partial charge in [-0.1, -0.05) is 72.7 Å². The van der Waals surface area contributed by atoms with Crippen LogP contribution in [0.1, 0.15) is 24.5 Å². The molecule has 0 aliphatic carbocycles. The summed E-state index contributed by atoms with van der Waals surface area (Å²) >= 11 is 0. The molecule has 0 atom stereocenters. The van der Waals surface area contributed by atoms with Gasteiger partial charge in [-0.05, 0) is 39.2 Å². The number of hydrogen-bond donors (Lipinski definition) is 0. The van der Waals surface area contributed by atoms with Crippen LogP contribution in [-0.4, -0.2) is 26.4 Å². The number of aromatic nitrogens is 4. The Hall–Kier alpha value is -3.54. The highest BCUT2D eigenvalue weighted by Gasteiger charge is 2.09. The van der Waals surface area contributed by atoms with Crippen LogP contribution in [0.15, 0.2) is 71.7 Å². The van der Waals surface area contributed by atoms with Gasteiger partial charge in [0.2, 0.25) is 0 Å². The number of tetrazole rings is 1. The Morgan fingerprint density at radius 3 is 2.68 bits per heavy atom. The average molecular weight is 371 g/mol. The molecule has 0 N–H and O–H groups in total. The first-order valence-corrected chi connectivity index (χ1v) is 9.34. The fourth-order valence-corrected chi connectivity index (χ4v) is 3.04. The molecule has 4 aromatic rings. The third kappa shape index (κ3) is 3.91. The number of benzene rings is 3. The van der Waals surface area contributed by atoms with Crippen molar-refractivity contribution in [2.45, 2.75) is 26.5 Å². The van der Waals surface area contributed by atoms with Gasteiger partial charge < -0.3 is 4.74 Å². The van der Waals surface area contributed by atoms with Crippen molar-refractivity contribution in [2.24, 2.45) is 4.99 Å². The van der Waals surface area contributed by atoms with E-state index in [0.29, 0.717) is 12.6 Å². The van der Waals surface area contributed by atoms with Crippen molar-refractivity contribution in [3.8, 4) is 5.75 Å². The predicted octanol–water partition coefficient (Wildman–Crippen LogP) is 4.57. The molecule has 0 aliphatic rings. The summed E-state index contributed by atoms with van der Waals surface area (Å²) in [5, 5.41) is 13.9. The van der Waals surface area contributed by atoms with E-state index >= 15 is 0 Å². The molecule has 0 spiro atoms. The molecular weight excluding hydrogens is 350 g/mol. The lowest BCUT2D eigenvalue weighted by molar-refractivity contribution is 0.306. The molecule has 6 heteroatoms. The number of hydrogen-bond acceptors (Lipinski definition) is 5. The molecule has 0 bridgehead atoms. The van der Waals surface area contributed by atoms with Gasteiger partial charge in [0.15, 0.2) is 0 Å². The van der Waals surface area contributed by atoms with Crippen LogP contribution in [0.25, 0.3) is 10.8 Å². The molecule has 1 aromatic heterocycles. The van der Waals surface area contributed by atoms with E-state index in [1.807, 2.05) is 48.5 Å². The Bertz CT molecular complexity index is 1090. The van der Waals surface area contributed by atoms with Crippen LogP contribution in [0.4, 0.5) is 5.95 Å². The summed E-state index contributed by atoms with van der Waals surface area (Å²) in [5.41, 5.74) is 2.03. The van der Waals surface area contributed by atoms with Crippen LogP contribution in [-0.2, 0) is 13.2 Å². The lowest BCUT2D eigenvalue weighted by Gasteiger charge is -2.12. The molecular formula is C22H21N5O. The van der Waals surface area contributed by atoms with Crippen molar-refractivity contribution in [1.29, 1.82) is 0 Å². The monoisotopic (exact) mass is 371 g/mol. The second-order valence-corrected chi connectivity index (χ2v) is 6.43. The van der Waals surface area contributed by atoms with Gasteiger partial charge in [0.25, 0.3) is 5.95 Å². The van der Waals surface area contributed by atoms with Gasteiger partial charge in [-0.15, -0.1) is 0 Å². The van der Waals surface area contributed by atoms with Gasteiger partial charge in [0.05, 0.1) is 0 Å². The Balaban J connectivity index is 1.69. The first-order chi connectivity index (χ1) is 13.8. The van der Waals surface area contributed by atoms with E-state index in [4.69, 9.17) is 4.74 Å². The smallest absolute Gasteiger partial charge is 0.269 e. The zero-order valence-electron chi connectivity index (χ0n) is 15.7. The number of nitrogens with zero attached hydrogens (tertiary/aromatic N) is 5. The molecule has 0 amide bonds. The van der Waals surface area contributed by atoms with Crippen molar-refractivity contribution < 1.29 is 4.74 Å². The molecule has 0 unspecified atom stereocenters. The Morgan fingerprint density at radius 1 is 1.00 bits per heavy atom.